The van der Waals surface area contributed by atoms with E-state index in [0.29, 0.717) is 24.4 Å². The number of anilines is 1. The maximum Gasteiger partial charge on any atom is 0.156 e. The van der Waals surface area contributed by atoms with Gasteiger partial charge in [-0.15, -0.1) is 0 Å². The molecular formula is C8H10ClN3O2S. The van der Waals surface area contributed by atoms with Gasteiger partial charge in [-0.3, -0.25) is 9.00 Å². The summed E-state index contributed by atoms with van der Waals surface area (Å²) in [5.74, 6) is 0.857. The van der Waals surface area contributed by atoms with Crippen LogP contribution in [0.15, 0.2) is 6.33 Å². The van der Waals surface area contributed by atoms with Gasteiger partial charge in [-0.1, -0.05) is 11.6 Å². The fourth-order valence-corrected chi connectivity index (χ4v) is 1.50. The third kappa shape index (κ3) is 3.56. The molecule has 1 atom stereocenters. The lowest BCUT2D eigenvalue weighted by Gasteiger charge is -2.06. The van der Waals surface area contributed by atoms with Gasteiger partial charge in [0.1, 0.15) is 17.3 Å². The average Bonchev–Trinajstić information content (AvgIpc) is 2.17. The van der Waals surface area contributed by atoms with Crippen molar-refractivity contribution in [2.75, 3.05) is 23.9 Å². The van der Waals surface area contributed by atoms with Crippen LogP contribution in [0.25, 0.3) is 0 Å². The maximum atomic E-state index is 10.8. The Morgan fingerprint density at radius 2 is 2.33 bits per heavy atom. The molecule has 0 amide bonds. The Hall–Kier alpha value is -1.01. The normalized spacial score (nSPS) is 12.1. The van der Waals surface area contributed by atoms with Gasteiger partial charge in [-0.25, -0.2) is 9.97 Å². The number of hydrogen-bond donors (Lipinski definition) is 1. The van der Waals surface area contributed by atoms with Crippen LogP contribution in [0, 0.1) is 0 Å². The topological polar surface area (TPSA) is 72.0 Å². The second-order valence-electron chi connectivity index (χ2n) is 2.75. The summed E-state index contributed by atoms with van der Waals surface area (Å²) in [4.78, 5) is 18.2. The van der Waals surface area contributed by atoms with E-state index in [1.165, 1.54) is 6.33 Å². The van der Waals surface area contributed by atoms with Crippen molar-refractivity contribution in [2.24, 2.45) is 0 Å². The zero-order valence-corrected chi connectivity index (χ0v) is 9.64. The van der Waals surface area contributed by atoms with Crippen LogP contribution >= 0.6 is 11.6 Å². The van der Waals surface area contributed by atoms with E-state index in [-0.39, 0.29) is 10.7 Å². The predicted octanol–water partition coefficient (Wildman–Crippen LogP) is 0.733. The Labute approximate surface area is 94.7 Å². The van der Waals surface area contributed by atoms with Gasteiger partial charge in [-0.05, 0) is 0 Å². The van der Waals surface area contributed by atoms with Crippen LogP contribution in [0.5, 0.6) is 0 Å². The molecule has 0 aliphatic carbocycles. The van der Waals surface area contributed by atoms with Crippen LogP contribution in [0.1, 0.15) is 10.4 Å². The predicted molar refractivity (Wildman–Crippen MR) is 59.9 cm³/mol. The Morgan fingerprint density at radius 1 is 1.60 bits per heavy atom. The van der Waals surface area contributed by atoms with Gasteiger partial charge < -0.3 is 5.32 Å². The zero-order valence-electron chi connectivity index (χ0n) is 8.07. The number of aromatic nitrogens is 2. The maximum absolute atomic E-state index is 10.8. The van der Waals surface area contributed by atoms with Crippen LogP contribution in [0.2, 0.25) is 5.15 Å². The van der Waals surface area contributed by atoms with Crippen LogP contribution in [-0.2, 0) is 10.8 Å². The summed E-state index contributed by atoms with van der Waals surface area (Å²) >= 11 is 5.69. The molecule has 5 nitrogen and oxygen atoms in total. The largest absolute Gasteiger partial charge is 0.368 e. The Bertz CT molecular complexity index is 386. The first kappa shape index (κ1) is 12.1. The van der Waals surface area contributed by atoms with Crippen LogP contribution < -0.4 is 5.32 Å². The third-order valence-corrected chi connectivity index (χ3v) is 2.72. The number of nitrogens with zero attached hydrogens (tertiary/aromatic N) is 2. The highest BCUT2D eigenvalue weighted by Crippen LogP contribution is 2.16. The Morgan fingerprint density at radius 3 is 2.93 bits per heavy atom. The van der Waals surface area contributed by atoms with Gasteiger partial charge in [0.25, 0.3) is 0 Å². The highest BCUT2D eigenvalue weighted by Gasteiger charge is 2.07. The lowest BCUT2D eigenvalue weighted by Crippen LogP contribution is -2.12. The lowest BCUT2D eigenvalue weighted by molar-refractivity contribution is 0.112. The molecule has 1 N–H and O–H groups in total. The molecule has 1 unspecified atom stereocenters. The van der Waals surface area contributed by atoms with Gasteiger partial charge in [0.15, 0.2) is 6.29 Å². The third-order valence-electron chi connectivity index (χ3n) is 1.64. The van der Waals surface area contributed by atoms with E-state index in [4.69, 9.17) is 11.6 Å². The summed E-state index contributed by atoms with van der Waals surface area (Å²) in [5.41, 5.74) is 0.223. The highest BCUT2D eigenvalue weighted by atomic mass is 35.5. The second-order valence-corrected chi connectivity index (χ2v) is 4.66. The van der Waals surface area contributed by atoms with Gasteiger partial charge >= 0.3 is 0 Å². The Balaban J connectivity index is 2.72. The van der Waals surface area contributed by atoms with E-state index in [2.05, 4.69) is 15.3 Å². The summed E-state index contributed by atoms with van der Waals surface area (Å²) in [6.45, 7) is 0.470. The van der Waals surface area contributed by atoms with Crippen molar-refractivity contribution in [3.8, 4) is 0 Å². The first-order valence-corrected chi connectivity index (χ1v) is 6.25. The molecule has 7 heteroatoms. The molecule has 0 spiro atoms. The van der Waals surface area contributed by atoms with Crippen LogP contribution in [0.4, 0.5) is 5.82 Å². The van der Waals surface area contributed by atoms with Crippen LogP contribution in [-0.4, -0.2) is 39.0 Å². The van der Waals surface area contributed by atoms with Gasteiger partial charge in [-0.2, -0.15) is 0 Å². The highest BCUT2D eigenvalue weighted by molar-refractivity contribution is 7.84. The molecule has 0 saturated carbocycles. The van der Waals surface area contributed by atoms with Gasteiger partial charge in [0, 0.05) is 29.4 Å². The number of hydrogen-bond acceptors (Lipinski definition) is 5. The fraction of sp³-hybridized carbons (Fsp3) is 0.375. The molecule has 0 aromatic carbocycles. The van der Waals surface area contributed by atoms with Crippen molar-refractivity contribution in [1.82, 2.24) is 9.97 Å². The first-order valence-electron chi connectivity index (χ1n) is 4.14. The minimum atomic E-state index is -0.880. The summed E-state index contributed by atoms with van der Waals surface area (Å²) in [6.07, 6.45) is 3.46. The van der Waals surface area contributed by atoms with Crippen LogP contribution in [0.3, 0.4) is 0 Å². The number of rotatable bonds is 5. The molecule has 0 aliphatic heterocycles. The van der Waals surface area contributed by atoms with E-state index in [0.717, 1.165) is 0 Å². The molecule has 1 aromatic heterocycles. The van der Waals surface area contributed by atoms with Crippen molar-refractivity contribution < 1.29 is 9.00 Å². The lowest BCUT2D eigenvalue weighted by atomic mass is 10.3. The summed E-state index contributed by atoms with van der Waals surface area (Å²) in [5, 5.41) is 2.99. The second kappa shape index (κ2) is 5.77. The van der Waals surface area contributed by atoms with Gasteiger partial charge in [0.2, 0.25) is 0 Å². The smallest absolute Gasteiger partial charge is 0.156 e. The number of carbonyl (C=O) groups is 1. The summed E-state index contributed by atoms with van der Waals surface area (Å²) in [6, 6.07) is 0. The average molecular weight is 248 g/mol. The molecule has 0 aliphatic rings. The molecule has 1 aromatic rings. The van der Waals surface area contributed by atoms with Crippen molar-refractivity contribution in [1.29, 1.82) is 0 Å². The minimum absolute atomic E-state index is 0.111. The monoisotopic (exact) mass is 247 g/mol. The van der Waals surface area contributed by atoms with Crippen molar-refractivity contribution in [3.63, 3.8) is 0 Å². The molecule has 0 radical (unpaired) electrons. The number of carbonyl (C=O) groups excluding carboxylic acids is 1. The first-order chi connectivity index (χ1) is 7.15. The molecule has 1 rings (SSSR count). The molecule has 1 heterocycles. The zero-order chi connectivity index (χ0) is 11.3. The fourth-order valence-electron chi connectivity index (χ4n) is 0.933. The van der Waals surface area contributed by atoms with E-state index >= 15 is 0 Å². The minimum Gasteiger partial charge on any atom is -0.368 e. The molecule has 82 valence electrons. The van der Waals surface area contributed by atoms with E-state index < -0.39 is 10.8 Å². The standard InChI is InChI=1S/C8H10ClN3O2S/c1-15(14)3-2-10-8-6(4-13)7(9)11-5-12-8/h4-5H,2-3H2,1H3,(H,10,11,12). The van der Waals surface area contributed by atoms with Gasteiger partial charge in [0.05, 0.1) is 5.56 Å². The SMILES string of the molecule is CS(=O)CCNc1ncnc(Cl)c1C=O. The quantitative estimate of drug-likeness (QED) is 0.614. The number of aldehydes is 1. The number of halogens is 1. The summed E-state index contributed by atoms with van der Waals surface area (Å²) < 4.78 is 10.8. The van der Waals surface area contributed by atoms with E-state index in [1.54, 1.807) is 6.26 Å². The molecule has 0 fully saturated rings. The number of nitrogens with one attached hydrogen (secondary N) is 1. The van der Waals surface area contributed by atoms with E-state index in [9.17, 15) is 9.00 Å². The van der Waals surface area contributed by atoms with E-state index in [1.807, 2.05) is 0 Å². The van der Waals surface area contributed by atoms with Crippen molar-refractivity contribution >= 4 is 34.5 Å². The molecule has 0 saturated heterocycles. The molecule has 0 bridgehead atoms. The molecular weight excluding hydrogens is 238 g/mol. The summed E-state index contributed by atoms with van der Waals surface area (Å²) in [7, 11) is -0.880. The van der Waals surface area contributed by atoms with Crippen molar-refractivity contribution in [2.45, 2.75) is 0 Å². The Kier molecular flexibility index (Phi) is 4.64. The van der Waals surface area contributed by atoms with Crippen molar-refractivity contribution in [3.05, 3.63) is 17.0 Å². The molecule has 15 heavy (non-hydrogen) atoms.